The van der Waals surface area contributed by atoms with Crippen LogP contribution in [0.1, 0.15) is 17.5 Å². The van der Waals surface area contributed by atoms with Gasteiger partial charge in [-0.2, -0.15) is 0 Å². The van der Waals surface area contributed by atoms with Crippen molar-refractivity contribution in [1.82, 2.24) is 9.80 Å². The lowest BCUT2D eigenvalue weighted by atomic mass is 10.0. The predicted molar refractivity (Wildman–Crippen MR) is 155 cm³/mol. The van der Waals surface area contributed by atoms with Crippen molar-refractivity contribution in [1.29, 1.82) is 0 Å². The summed E-state index contributed by atoms with van der Waals surface area (Å²) in [6.45, 7) is 2.63. The molecule has 9 heteroatoms. The molecule has 1 atom stereocenters. The summed E-state index contributed by atoms with van der Waals surface area (Å²) in [7, 11) is 2.17. The molecule has 0 bridgehead atoms. The first-order valence-corrected chi connectivity index (χ1v) is 12.7. The Kier molecular flexibility index (Phi) is 8.39. The summed E-state index contributed by atoms with van der Waals surface area (Å²) in [5, 5.41) is 5.63. The molecule has 1 fully saturated rings. The number of amidine groups is 1. The zero-order chi connectivity index (χ0) is 23.9. The molecule has 0 spiro atoms. The van der Waals surface area contributed by atoms with Crippen LogP contribution in [0.25, 0.3) is 10.1 Å². The summed E-state index contributed by atoms with van der Waals surface area (Å²) in [6.07, 6.45) is 1.87. The van der Waals surface area contributed by atoms with Gasteiger partial charge in [0.25, 0.3) is 0 Å². The molecular weight excluding hydrogens is 533 g/mol. The van der Waals surface area contributed by atoms with Crippen LogP contribution < -0.4 is 5.32 Å². The van der Waals surface area contributed by atoms with Gasteiger partial charge in [-0.25, -0.2) is 13.8 Å². The normalized spacial score (nSPS) is 17.0. The zero-order valence-corrected chi connectivity index (χ0v) is 22.7. The molecule has 1 saturated heterocycles. The fourth-order valence-corrected chi connectivity index (χ4v) is 6.13. The Morgan fingerprint density at radius 1 is 0.973 bits per heavy atom. The molecule has 2 aliphatic heterocycles. The maximum absolute atomic E-state index is 14.1. The van der Waals surface area contributed by atoms with Crippen LogP contribution in [0.2, 0.25) is 0 Å². The van der Waals surface area contributed by atoms with E-state index in [-0.39, 0.29) is 36.4 Å². The zero-order valence-electron chi connectivity index (χ0n) is 20.3. The van der Waals surface area contributed by atoms with Crippen LogP contribution in [0.3, 0.4) is 0 Å². The van der Waals surface area contributed by atoms with Crippen molar-refractivity contribution in [3.63, 3.8) is 0 Å². The quantitative estimate of drug-likeness (QED) is 0.283. The third-order valence-corrected chi connectivity index (χ3v) is 8.09. The molecule has 0 aliphatic carbocycles. The van der Waals surface area contributed by atoms with Gasteiger partial charge < -0.3 is 10.2 Å². The van der Waals surface area contributed by atoms with E-state index in [1.54, 1.807) is 17.4 Å². The van der Waals surface area contributed by atoms with Crippen molar-refractivity contribution < 1.29 is 8.78 Å². The Morgan fingerprint density at radius 2 is 1.73 bits per heavy atom. The van der Waals surface area contributed by atoms with E-state index in [0.29, 0.717) is 11.7 Å². The molecule has 2 aliphatic rings. The van der Waals surface area contributed by atoms with Crippen molar-refractivity contribution in [2.24, 2.45) is 4.99 Å². The number of anilines is 2. The summed E-state index contributed by atoms with van der Waals surface area (Å²) in [4.78, 5) is 9.91. The number of benzene rings is 3. The Hall–Kier alpha value is -2.71. The second-order valence-electron chi connectivity index (χ2n) is 9.27. The molecule has 4 aromatic rings. The Labute approximate surface area is 231 Å². The average molecular weight is 562 g/mol. The Balaban J connectivity index is 0.00000160. The van der Waals surface area contributed by atoms with Gasteiger partial charge in [-0.1, -0.05) is 30.3 Å². The Morgan fingerprint density at radius 3 is 2.54 bits per heavy atom. The first kappa shape index (κ1) is 27.3. The number of piperazine rings is 1. The van der Waals surface area contributed by atoms with E-state index in [0.717, 1.165) is 65.5 Å². The number of fused-ring (bicyclic) bond motifs is 4. The van der Waals surface area contributed by atoms with E-state index in [4.69, 9.17) is 4.99 Å². The van der Waals surface area contributed by atoms with Gasteiger partial charge in [0.15, 0.2) is 0 Å². The first-order valence-electron chi connectivity index (χ1n) is 11.9. The monoisotopic (exact) mass is 560 g/mol. The molecule has 0 radical (unpaired) electrons. The number of rotatable bonds is 3. The molecule has 6 rings (SSSR count). The van der Waals surface area contributed by atoms with Gasteiger partial charge in [-0.3, -0.25) is 4.90 Å². The SMILES string of the molecule is CN1CCN(C2=Nc3ccc(F)cc3Nc3sc4ccccc4c32)C[C@@H]1CCc1ccc(F)cc1.Cl.Cl. The number of halogens is 4. The van der Waals surface area contributed by atoms with Crippen molar-refractivity contribution in [2.45, 2.75) is 18.9 Å². The van der Waals surface area contributed by atoms with Gasteiger partial charge in [0.2, 0.25) is 0 Å². The summed E-state index contributed by atoms with van der Waals surface area (Å²) >= 11 is 1.68. The van der Waals surface area contributed by atoms with E-state index in [1.165, 1.54) is 29.0 Å². The van der Waals surface area contributed by atoms with Gasteiger partial charge in [-0.15, -0.1) is 36.2 Å². The minimum atomic E-state index is -0.280. The lowest BCUT2D eigenvalue weighted by Gasteiger charge is -2.41. The average Bonchev–Trinajstić information content (AvgIpc) is 3.14. The van der Waals surface area contributed by atoms with Gasteiger partial charge in [-0.05, 0) is 61.9 Å². The molecule has 1 aromatic heterocycles. The van der Waals surface area contributed by atoms with E-state index in [9.17, 15) is 8.78 Å². The predicted octanol–water partition coefficient (Wildman–Crippen LogP) is 7.41. The molecule has 3 heterocycles. The fourth-order valence-electron chi connectivity index (χ4n) is 5.02. The third kappa shape index (κ3) is 5.46. The number of hydrogen-bond donors (Lipinski definition) is 1. The van der Waals surface area contributed by atoms with E-state index in [1.807, 2.05) is 18.2 Å². The van der Waals surface area contributed by atoms with Gasteiger partial charge in [0.05, 0.1) is 16.9 Å². The highest BCUT2D eigenvalue weighted by atomic mass is 35.5. The molecule has 0 amide bonds. The summed E-state index contributed by atoms with van der Waals surface area (Å²) in [6, 6.07) is 20.2. The van der Waals surface area contributed by atoms with Gasteiger partial charge >= 0.3 is 0 Å². The van der Waals surface area contributed by atoms with Crippen LogP contribution in [0.5, 0.6) is 0 Å². The molecule has 0 saturated carbocycles. The van der Waals surface area contributed by atoms with Crippen molar-refractivity contribution in [3.8, 4) is 0 Å². The summed E-state index contributed by atoms with van der Waals surface area (Å²) in [5.74, 6) is 0.460. The maximum atomic E-state index is 14.1. The van der Waals surface area contributed by atoms with E-state index in [2.05, 4.69) is 40.4 Å². The molecule has 0 unspecified atom stereocenters. The molecule has 1 N–H and O–H groups in total. The number of aliphatic imine (C=N–C) groups is 1. The molecular formula is C28H28Cl2F2N4S. The van der Waals surface area contributed by atoms with E-state index < -0.39 is 0 Å². The number of nitrogens with one attached hydrogen (secondary N) is 1. The van der Waals surface area contributed by atoms with Crippen molar-refractivity contribution in [2.75, 3.05) is 32.0 Å². The van der Waals surface area contributed by atoms with Crippen LogP contribution in [0.4, 0.5) is 25.2 Å². The molecule has 194 valence electrons. The number of aryl methyl sites for hydroxylation is 1. The van der Waals surface area contributed by atoms with Crippen LogP contribution in [-0.4, -0.2) is 48.4 Å². The minimum Gasteiger partial charge on any atom is -0.353 e. The highest BCUT2D eigenvalue weighted by molar-refractivity contribution is 7.23. The highest BCUT2D eigenvalue weighted by Crippen LogP contribution is 2.43. The van der Waals surface area contributed by atoms with Crippen LogP contribution in [-0.2, 0) is 6.42 Å². The minimum absolute atomic E-state index is 0. The van der Waals surface area contributed by atoms with Crippen molar-refractivity contribution >= 4 is 68.4 Å². The van der Waals surface area contributed by atoms with Crippen molar-refractivity contribution in [3.05, 3.63) is 89.5 Å². The van der Waals surface area contributed by atoms with Gasteiger partial charge in [0, 0.05) is 35.8 Å². The molecule has 3 aromatic carbocycles. The number of likely N-dealkylation sites (N-methyl/N-ethyl adjacent to an activating group) is 1. The van der Waals surface area contributed by atoms with Crippen LogP contribution >= 0.6 is 36.2 Å². The third-order valence-electron chi connectivity index (χ3n) is 7.01. The van der Waals surface area contributed by atoms with Crippen LogP contribution in [0, 0.1) is 11.6 Å². The second-order valence-corrected chi connectivity index (χ2v) is 10.3. The summed E-state index contributed by atoms with van der Waals surface area (Å²) < 4.78 is 28.6. The lowest BCUT2D eigenvalue weighted by Crippen LogP contribution is -2.53. The summed E-state index contributed by atoms with van der Waals surface area (Å²) in [5.41, 5.74) is 3.67. The van der Waals surface area contributed by atoms with E-state index >= 15 is 0 Å². The topological polar surface area (TPSA) is 30.9 Å². The number of thiophene rings is 1. The Bertz CT molecular complexity index is 1420. The number of nitrogens with zero attached hydrogens (tertiary/aromatic N) is 3. The number of hydrogen-bond acceptors (Lipinski definition) is 5. The highest BCUT2D eigenvalue weighted by Gasteiger charge is 2.31. The molecule has 37 heavy (non-hydrogen) atoms. The molecule has 4 nitrogen and oxygen atoms in total. The largest absolute Gasteiger partial charge is 0.353 e. The smallest absolute Gasteiger partial charge is 0.140 e. The fraction of sp³-hybridized carbons (Fsp3) is 0.250. The van der Waals surface area contributed by atoms with Crippen LogP contribution in [0.15, 0.2) is 71.7 Å². The standard InChI is InChI=1S/C28H26F2N4S.2ClH/c1-33-14-15-34(17-21(33)12-8-18-6-9-19(29)10-7-18)27-26-22-4-2-3-5-25(22)35-28(26)32-24-16-20(30)11-13-23(24)31-27;;/h2-7,9-11,13,16,21,32H,8,12,14-15,17H2,1H3;2*1H/t21-;;/m0../s1. The first-order chi connectivity index (χ1) is 17.0. The lowest BCUT2D eigenvalue weighted by molar-refractivity contribution is 0.134. The second kappa shape index (κ2) is 11.4. The van der Waals surface area contributed by atoms with Gasteiger partial charge in [0.1, 0.15) is 22.5 Å². The maximum Gasteiger partial charge on any atom is 0.140 e.